The molecule has 4 bridgehead atoms. The van der Waals surface area contributed by atoms with Gasteiger partial charge in [-0.1, -0.05) is 42.5 Å². The number of aromatic hydroxyl groups is 1. The summed E-state index contributed by atoms with van der Waals surface area (Å²) in [4.78, 5) is 0. The Labute approximate surface area is 161 Å². The predicted octanol–water partition coefficient (Wildman–Crippen LogP) is 5.60. The van der Waals surface area contributed by atoms with E-state index in [-0.39, 0.29) is 6.61 Å². The van der Waals surface area contributed by atoms with Crippen molar-refractivity contribution in [2.75, 3.05) is 6.61 Å². The molecule has 140 valence electrons. The first-order chi connectivity index (χ1) is 13.2. The molecular weight excluding hydrogens is 332 g/mol. The number of phenols is 1. The lowest BCUT2D eigenvalue weighted by Crippen LogP contribution is -2.43. The van der Waals surface area contributed by atoms with Crippen molar-refractivity contribution in [1.82, 2.24) is 0 Å². The molecule has 2 aromatic rings. The molecule has 0 unspecified atom stereocenters. The Kier molecular flexibility index (Phi) is 4.32. The first-order valence-corrected chi connectivity index (χ1v) is 10.4. The lowest BCUT2D eigenvalue weighted by molar-refractivity contribution is -0.00345. The van der Waals surface area contributed by atoms with E-state index in [1.54, 1.807) is 6.08 Å². The van der Waals surface area contributed by atoms with E-state index in [0.717, 1.165) is 29.2 Å². The van der Waals surface area contributed by atoms with Crippen molar-refractivity contribution in [2.45, 2.75) is 38.0 Å². The molecular formula is C25H28O2. The highest BCUT2D eigenvalue weighted by molar-refractivity contribution is 5.68. The van der Waals surface area contributed by atoms with Crippen LogP contribution in [0, 0.1) is 23.7 Å². The van der Waals surface area contributed by atoms with Crippen molar-refractivity contribution in [3.05, 3.63) is 59.7 Å². The van der Waals surface area contributed by atoms with Gasteiger partial charge >= 0.3 is 0 Å². The van der Waals surface area contributed by atoms with Crippen LogP contribution in [0.5, 0.6) is 5.75 Å². The molecule has 27 heavy (non-hydrogen) atoms. The van der Waals surface area contributed by atoms with E-state index >= 15 is 0 Å². The van der Waals surface area contributed by atoms with E-state index in [1.165, 1.54) is 48.8 Å². The number of rotatable bonds is 4. The van der Waals surface area contributed by atoms with Gasteiger partial charge in [-0.3, -0.25) is 0 Å². The third kappa shape index (κ3) is 3.10. The van der Waals surface area contributed by atoms with Crippen LogP contribution in [0.1, 0.15) is 49.1 Å². The topological polar surface area (TPSA) is 40.5 Å². The average molecular weight is 360 g/mol. The summed E-state index contributed by atoms with van der Waals surface area (Å²) in [6, 6.07) is 14.6. The molecule has 2 nitrogen and oxygen atoms in total. The quantitative estimate of drug-likeness (QED) is 0.744. The van der Waals surface area contributed by atoms with Gasteiger partial charge in [0.2, 0.25) is 0 Å². The molecule has 0 aliphatic heterocycles. The molecule has 2 heteroatoms. The highest BCUT2D eigenvalue weighted by Gasteiger charge is 2.49. The molecule has 4 fully saturated rings. The smallest absolute Gasteiger partial charge is 0.119 e. The summed E-state index contributed by atoms with van der Waals surface area (Å²) in [5.41, 5.74) is 4.65. The lowest BCUT2D eigenvalue weighted by Gasteiger charge is -2.54. The maximum atomic E-state index is 10.7. The summed E-state index contributed by atoms with van der Waals surface area (Å²) in [5, 5.41) is 19.6. The van der Waals surface area contributed by atoms with Gasteiger partial charge in [0.25, 0.3) is 0 Å². The second-order valence-corrected chi connectivity index (χ2v) is 8.94. The maximum Gasteiger partial charge on any atom is 0.119 e. The zero-order valence-corrected chi connectivity index (χ0v) is 15.7. The fourth-order valence-electron chi connectivity index (χ4n) is 6.41. The van der Waals surface area contributed by atoms with E-state index in [9.17, 15) is 5.11 Å². The van der Waals surface area contributed by atoms with E-state index in [1.807, 2.05) is 18.2 Å². The van der Waals surface area contributed by atoms with Crippen molar-refractivity contribution in [3.63, 3.8) is 0 Å². The first-order valence-electron chi connectivity index (χ1n) is 10.4. The molecule has 0 saturated heterocycles. The van der Waals surface area contributed by atoms with Gasteiger partial charge in [0, 0.05) is 0 Å². The Morgan fingerprint density at radius 2 is 1.44 bits per heavy atom. The molecule has 4 aliphatic rings. The fourth-order valence-corrected chi connectivity index (χ4v) is 6.41. The summed E-state index contributed by atoms with van der Waals surface area (Å²) in [7, 11) is 0. The Morgan fingerprint density at radius 3 is 2.07 bits per heavy atom. The van der Waals surface area contributed by atoms with Gasteiger partial charge < -0.3 is 10.2 Å². The number of phenolic OH excluding ortho intramolecular Hbond substituents is 1. The minimum atomic E-state index is 0.0640. The first kappa shape index (κ1) is 17.1. The number of aliphatic hydroxyl groups excluding tert-OH is 1. The van der Waals surface area contributed by atoms with Crippen molar-refractivity contribution in [1.29, 1.82) is 0 Å². The number of benzene rings is 2. The molecule has 2 aromatic carbocycles. The molecule has 0 atom stereocenters. The standard InChI is InChI=1S/C25H28O2/c26-9-1-2-16-3-5-19(6-4-16)20-7-8-24(27)23(15-20)25-21-11-17-10-18(13-21)14-22(25)12-17/h1-8,15,17-18,21-22,25-27H,9-14H2. The summed E-state index contributed by atoms with van der Waals surface area (Å²) < 4.78 is 0. The zero-order valence-electron chi connectivity index (χ0n) is 15.7. The Balaban J connectivity index is 1.46. The van der Waals surface area contributed by atoms with Gasteiger partial charge in [0.05, 0.1) is 6.61 Å². The summed E-state index contributed by atoms with van der Waals surface area (Å²) >= 11 is 0. The largest absolute Gasteiger partial charge is 0.508 e. The SMILES string of the molecule is OCC=Cc1ccc(-c2ccc(O)c(C3C4CC5CC(C4)CC3C5)c2)cc1. The lowest BCUT2D eigenvalue weighted by atomic mass is 9.50. The second kappa shape index (κ2) is 6.83. The Bertz CT molecular complexity index is 821. The summed E-state index contributed by atoms with van der Waals surface area (Å²) in [6.07, 6.45) is 10.6. The average Bonchev–Trinajstić information content (AvgIpc) is 2.67. The van der Waals surface area contributed by atoms with Gasteiger partial charge in [-0.15, -0.1) is 0 Å². The molecule has 4 saturated carbocycles. The van der Waals surface area contributed by atoms with Crippen molar-refractivity contribution < 1.29 is 10.2 Å². The molecule has 0 amide bonds. The van der Waals surface area contributed by atoms with Crippen molar-refractivity contribution in [3.8, 4) is 16.9 Å². The minimum absolute atomic E-state index is 0.0640. The van der Waals surface area contributed by atoms with Crippen molar-refractivity contribution in [2.24, 2.45) is 23.7 Å². The van der Waals surface area contributed by atoms with Crippen LogP contribution in [0.25, 0.3) is 17.2 Å². The van der Waals surface area contributed by atoms with Gasteiger partial charge in [-0.25, -0.2) is 0 Å². The van der Waals surface area contributed by atoms with Crippen LogP contribution in [-0.2, 0) is 0 Å². The van der Waals surface area contributed by atoms with E-state index < -0.39 is 0 Å². The summed E-state index contributed by atoms with van der Waals surface area (Å²) in [6.45, 7) is 0.0640. The van der Waals surface area contributed by atoms with Crippen molar-refractivity contribution >= 4 is 6.08 Å². The highest BCUT2D eigenvalue weighted by atomic mass is 16.3. The summed E-state index contributed by atoms with van der Waals surface area (Å²) in [5.74, 6) is 4.48. The van der Waals surface area contributed by atoms with Crippen LogP contribution in [0.3, 0.4) is 0 Å². The molecule has 0 radical (unpaired) electrons. The Morgan fingerprint density at radius 1 is 0.815 bits per heavy atom. The Hall–Kier alpha value is -2.06. The van der Waals surface area contributed by atoms with Gasteiger partial charge in [-0.2, -0.15) is 0 Å². The van der Waals surface area contributed by atoms with E-state index in [0.29, 0.717) is 11.7 Å². The zero-order chi connectivity index (χ0) is 18.4. The number of hydrogen-bond donors (Lipinski definition) is 2. The van der Waals surface area contributed by atoms with Gasteiger partial charge in [0.1, 0.15) is 5.75 Å². The maximum absolute atomic E-state index is 10.7. The number of hydrogen-bond acceptors (Lipinski definition) is 2. The monoisotopic (exact) mass is 360 g/mol. The van der Waals surface area contributed by atoms with Gasteiger partial charge in [0.15, 0.2) is 0 Å². The molecule has 6 rings (SSSR count). The minimum Gasteiger partial charge on any atom is -0.508 e. The van der Waals surface area contributed by atoms with Crippen LogP contribution < -0.4 is 0 Å². The normalized spacial score (nSPS) is 31.7. The van der Waals surface area contributed by atoms with Crippen LogP contribution >= 0.6 is 0 Å². The van der Waals surface area contributed by atoms with Crippen LogP contribution in [0.2, 0.25) is 0 Å². The molecule has 4 aliphatic carbocycles. The number of aliphatic hydroxyl groups is 1. The molecule has 0 aromatic heterocycles. The molecule has 2 N–H and O–H groups in total. The van der Waals surface area contributed by atoms with E-state index in [4.69, 9.17) is 5.11 Å². The van der Waals surface area contributed by atoms with Crippen LogP contribution in [-0.4, -0.2) is 16.8 Å². The second-order valence-electron chi connectivity index (χ2n) is 8.94. The fraction of sp³-hybridized carbons (Fsp3) is 0.440. The van der Waals surface area contributed by atoms with Crippen LogP contribution in [0.4, 0.5) is 0 Å². The third-order valence-electron chi connectivity index (χ3n) is 7.27. The molecule has 0 spiro atoms. The van der Waals surface area contributed by atoms with Gasteiger partial charge in [-0.05, 0) is 96.1 Å². The van der Waals surface area contributed by atoms with Crippen LogP contribution in [0.15, 0.2) is 48.5 Å². The predicted molar refractivity (Wildman–Crippen MR) is 109 cm³/mol. The molecule has 0 heterocycles. The third-order valence-corrected chi connectivity index (χ3v) is 7.27. The highest BCUT2D eigenvalue weighted by Crippen LogP contribution is 2.60. The van der Waals surface area contributed by atoms with E-state index in [2.05, 4.69) is 30.3 Å².